The Morgan fingerprint density at radius 1 is 1.11 bits per heavy atom. The smallest absolute Gasteiger partial charge is 0.332 e. The first-order valence-corrected chi connectivity index (χ1v) is 10.2. The lowest BCUT2D eigenvalue weighted by molar-refractivity contribution is -0.133. The molecule has 0 unspecified atom stereocenters. The number of fused-ring (bicyclic) bond motifs is 1. The molecule has 0 amide bonds. The van der Waals surface area contributed by atoms with Crippen LogP contribution in [0.2, 0.25) is 0 Å². The van der Waals surface area contributed by atoms with Gasteiger partial charge in [-0.05, 0) is 78.2 Å². The highest BCUT2D eigenvalue weighted by atomic mass is 16.4. The lowest BCUT2D eigenvalue weighted by Crippen LogP contribution is -2.23. The molecule has 0 heterocycles. The lowest BCUT2D eigenvalue weighted by Gasteiger charge is -2.29. The summed E-state index contributed by atoms with van der Waals surface area (Å²) in [5.41, 5.74) is 6.83. The van der Waals surface area contributed by atoms with Crippen LogP contribution in [0.3, 0.4) is 0 Å². The van der Waals surface area contributed by atoms with Crippen LogP contribution in [0.5, 0.6) is 0 Å². The van der Waals surface area contributed by atoms with Gasteiger partial charge in [0, 0.05) is 5.41 Å². The Morgan fingerprint density at radius 3 is 2.19 bits per heavy atom. The average Bonchev–Trinajstić information content (AvgIpc) is 3.26. The zero-order valence-electron chi connectivity index (χ0n) is 18.0. The fourth-order valence-electron chi connectivity index (χ4n) is 4.84. The van der Waals surface area contributed by atoms with E-state index in [1.165, 1.54) is 22.3 Å². The van der Waals surface area contributed by atoms with Crippen LogP contribution < -0.4 is 0 Å². The van der Waals surface area contributed by atoms with Gasteiger partial charge in [0.25, 0.3) is 0 Å². The third-order valence-corrected chi connectivity index (χ3v) is 6.61. The van der Waals surface area contributed by atoms with E-state index in [0.717, 1.165) is 31.3 Å². The number of carbonyl (C=O) groups is 1. The molecule has 2 aliphatic rings. The van der Waals surface area contributed by atoms with Gasteiger partial charge in [-0.3, -0.25) is 0 Å². The van der Waals surface area contributed by atoms with Crippen molar-refractivity contribution in [3.8, 4) is 0 Å². The molecular formula is C25H34O2. The Hall–Kier alpha value is -1.83. The van der Waals surface area contributed by atoms with E-state index in [2.05, 4.69) is 46.8 Å². The summed E-state index contributed by atoms with van der Waals surface area (Å²) >= 11 is 0. The van der Waals surface area contributed by atoms with Crippen LogP contribution in [-0.2, 0) is 27.5 Å². The molecule has 3 rings (SSSR count). The third kappa shape index (κ3) is 3.28. The van der Waals surface area contributed by atoms with E-state index in [0.29, 0.717) is 5.57 Å². The summed E-state index contributed by atoms with van der Waals surface area (Å²) in [5.74, 6) is -0.768. The zero-order valence-corrected chi connectivity index (χ0v) is 18.0. The van der Waals surface area contributed by atoms with Crippen molar-refractivity contribution in [1.29, 1.82) is 0 Å². The number of benzene rings is 1. The second-order valence-corrected chi connectivity index (χ2v) is 10.1. The highest BCUT2D eigenvalue weighted by Crippen LogP contribution is 2.58. The van der Waals surface area contributed by atoms with E-state index in [4.69, 9.17) is 0 Å². The van der Waals surface area contributed by atoms with Gasteiger partial charge >= 0.3 is 5.97 Å². The molecule has 0 atom stereocenters. The van der Waals surface area contributed by atoms with Gasteiger partial charge in [0.05, 0.1) is 5.57 Å². The maximum Gasteiger partial charge on any atom is 0.332 e. The molecule has 1 fully saturated rings. The van der Waals surface area contributed by atoms with Crippen LogP contribution in [0.4, 0.5) is 0 Å². The minimum atomic E-state index is -0.768. The highest BCUT2D eigenvalue weighted by Gasteiger charge is 2.53. The summed E-state index contributed by atoms with van der Waals surface area (Å²) in [6.07, 6.45) is 7.95. The van der Waals surface area contributed by atoms with Crippen molar-refractivity contribution in [2.75, 3.05) is 0 Å². The van der Waals surface area contributed by atoms with Crippen molar-refractivity contribution in [3.63, 3.8) is 0 Å². The van der Waals surface area contributed by atoms with Gasteiger partial charge in [0.2, 0.25) is 0 Å². The molecule has 1 N–H and O–H groups in total. The lowest BCUT2D eigenvalue weighted by atomic mass is 9.75. The number of allylic oxidation sites excluding steroid dienone is 3. The Bertz CT molecular complexity index is 840. The first-order chi connectivity index (χ1) is 12.4. The van der Waals surface area contributed by atoms with Gasteiger partial charge < -0.3 is 5.11 Å². The van der Waals surface area contributed by atoms with Crippen molar-refractivity contribution < 1.29 is 9.90 Å². The minimum absolute atomic E-state index is 0.0456. The predicted octanol–water partition coefficient (Wildman–Crippen LogP) is 6.22. The summed E-state index contributed by atoms with van der Waals surface area (Å²) < 4.78 is 0. The molecule has 0 radical (unpaired) electrons. The Labute approximate surface area is 164 Å². The minimum Gasteiger partial charge on any atom is -0.478 e. The van der Waals surface area contributed by atoms with Crippen molar-refractivity contribution in [2.24, 2.45) is 0 Å². The second kappa shape index (κ2) is 6.36. The molecule has 146 valence electrons. The fourth-order valence-corrected chi connectivity index (χ4v) is 4.84. The first kappa shape index (κ1) is 19.9. The quantitative estimate of drug-likeness (QED) is 0.507. The topological polar surface area (TPSA) is 37.3 Å². The Morgan fingerprint density at radius 2 is 1.70 bits per heavy atom. The van der Waals surface area contributed by atoms with Gasteiger partial charge in [-0.15, -0.1) is 0 Å². The van der Waals surface area contributed by atoms with E-state index in [9.17, 15) is 9.90 Å². The maximum atomic E-state index is 12.3. The van der Waals surface area contributed by atoms with Crippen molar-refractivity contribution in [2.45, 2.75) is 90.4 Å². The molecule has 27 heavy (non-hydrogen) atoms. The molecule has 1 saturated carbocycles. The molecular weight excluding hydrogens is 332 g/mol. The molecule has 2 aliphatic carbocycles. The molecule has 2 nitrogen and oxygen atoms in total. The number of carboxylic acid groups (broad SMARTS) is 1. The van der Waals surface area contributed by atoms with Crippen LogP contribution in [0.1, 0.15) is 90.0 Å². The predicted molar refractivity (Wildman–Crippen MR) is 113 cm³/mol. The molecule has 0 saturated heterocycles. The van der Waals surface area contributed by atoms with Crippen LogP contribution in [0.25, 0.3) is 0 Å². The van der Waals surface area contributed by atoms with Crippen molar-refractivity contribution >= 4 is 5.97 Å². The second-order valence-electron chi connectivity index (χ2n) is 10.1. The summed E-state index contributed by atoms with van der Waals surface area (Å²) in [6.45, 7) is 15.3. The number of hydrogen-bond acceptors (Lipinski definition) is 1. The zero-order chi connectivity index (χ0) is 20.2. The number of aliphatic carboxylic acids is 1. The molecule has 2 heteroatoms. The first-order valence-electron chi connectivity index (χ1n) is 10.2. The van der Waals surface area contributed by atoms with E-state index >= 15 is 0 Å². The SMILES string of the molecule is CC=CC(C)=C(C(=O)O)C1(c2cc(C(C)(C)C)cc3c2CCC3(C)C)CC1. The van der Waals surface area contributed by atoms with Crippen LogP contribution in [0, 0.1) is 0 Å². The van der Waals surface area contributed by atoms with Gasteiger partial charge in [0.15, 0.2) is 0 Å². The molecule has 1 aromatic rings. The monoisotopic (exact) mass is 366 g/mol. The average molecular weight is 367 g/mol. The van der Waals surface area contributed by atoms with E-state index in [1.54, 1.807) is 0 Å². The summed E-state index contributed by atoms with van der Waals surface area (Å²) in [4.78, 5) is 12.3. The normalized spacial score (nSPS) is 21.1. The van der Waals surface area contributed by atoms with E-state index in [1.807, 2.05) is 26.0 Å². The van der Waals surface area contributed by atoms with Gasteiger partial charge in [-0.2, -0.15) is 0 Å². The Kier molecular flexibility index (Phi) is 4.69. The number of hydrogen-bond donors (Lipinski definition) is 1. The summed E-state index contributed by atoms with van der Waals surface area (Å²) in [7, 11) is 0. The van der Waals surface area contributed by atoms with Crippen molar-refractivity contribution in [3.05, 3.63) is 57.7 Å². The Balaban J connectivity index is 2.30. The largest absolute Gasteiger partial charge is 0.478 e. The molecule has 1 aromatic carbocycles. The van der Waals surface area contributed by atoms with Crippen LogP contribution in [0.15, 0.2) is 35.4 Å². The molecule has 0 aromatic heterocycles. The fraction of sp³-hybridized carbons (Fsp3) is 0.560. The molecule has 0 spiro atoms. The van der Waals surface area contributed by atoms with Gasteiger partial charge in [-0.25, -0.2) is 4.79 Å². The van der Waals surface area contributed by atoms with Gasteiger partial charge in [-0.1, -0.05) is 58.9 Å². The molecule has 0 bridgehead atoms. The highest BCUT2D eigenvalue weighted by molar-refractivity contribution is 5.92. The maximum absolute atomic E-state index is 12.3. The summed E-state index contributed by atoms with van der Waals surface area (Å²) in [6, 6.07) is 4.73. The third-order valence-electron chi connectivity index (χ3n) is 6.61. The van der Waals surface area contributed by atoms with Gasteiger partial charge in [0.1, 0.15) is 0 Å². The van der Waals surface area contributed by atoms with E-state index in [-0.39, 0.29) is 16.2 Å². The summed E-state index contributed by atoms with van der Waals surface area (Å²) in [5, 5.41) is 10.1. The van der Waals surface area contributed by atoms with Crippen LogP contribution in [-0.4, -0.2) is 11.1 Å². The van der Waals surface area contributed by atoms with Crippen LogP contribution >= 0.6 is 0 Å². The molecule has 0 aliphatic heterocycles. The number of rotatable bonds is 4. The standard InChI is InChI=1S/C25H34O2/c1-8-9-16(2)21(22(26)27)25(12-13-25)20-15-17(23(3,4)5)14-19-18(20)10-11-24(19,6)7/h8-9,14-15H,10-13H2,1-7H3,(H,26,27). The van der Waals surface area contributed by atoms with Crippen molar-refractivity contribution in [1.82, 2.24) is 0 Å². The van der Waals surface area contributed by atoms with E-state index < -0.39 is 5.97 Å². The number of carboxylic acids is 1.